The number of para-hydroxylation sites is 1. The third kappa shape index (κ3) is 5.88. The summed E-state index contributed by atoms with van der Waals surface area (Å²) in [6.07, 6.45) is 8.63. The summed E-state index contributed by atoms with van der Waals surface area (Å²) in [5, 5.41) is 17.9. The molecule has 4 fully saturated rings. The monoisotopic (exact) mass is 582 g/mol. The first-order chi connectivity index (χ1) is 19.9. The number of nitrogens with zero attached hydrogens (tertiary/aromatic N) is 4. The molecule has 1 saturated carbocycles. The van der Waals surface area contributed by atoms with Crippen molar-refractivity contribution >= 4 is 17.5 Å². The van der Waals surface area contributed by atoms with E-state index in [4.69, 9.17) is 21.1 Å². The number of nitriles is 1. The van der Waals surface area contributed by atoms with E-state index in [0.717, 1.165) is 57.4 Å². The zero-order chi connectivity index (χ0) is 28.6. The van der Waals surface area contributed by atoms with Crippen molar-refractivity contribution in [3.05, 3.63) is 41.4 Å². The molecule has 222 valence electrons. The lowest BCUT2D eigenvalue weighted by molar-refractivity contribution is -0.139. The highest BCUT2D eigenvalue weighted by atomic mass is 35.5. The van der Waals surface area contributed by atoms with Gasteiger partial charge in [-0.25, -0.2) is 0 Å². The number of fused-ring (bicyclic) bond motifs is 2. The maximum absolute atomic E-state index is 12.5. The molecule has 1 aromatic carbocycles. The molecule has 0 aromatic heterocycles. The van der Waals surface area contributed by atoms with Crippen molar-refractivity contribution < 1.29 is 14.3 Å². The molecular weight excluding hydrogens is 540 g/mol. The summed E-state index contributed by atoms with van der Waals surface area (Å²) in [7, 11) is 2.18. The SMILES string of the molecule is C=CC(=O)N1CCN(C2NC(OCC3CCCN3C)NC3C[C@]4(CCc5cccc(Cl)c5O4)CCC32)CC1CC#N. The van der Waals surface area contributed by atoms with Crippen molar-refractivity contribution in [3.63, 3.8) is 0 Å². The van der Waals surface area contributed by atoms with Gasteiger partial charge in [0.1, 0.15) is 11.4 Å². The van der Waals surface area contributed by atoms with Gasteiger partial charge < -0.3 is 19.3 Å². The van der Waals surface area contributed by atoms with E-state index in [1.807, 2.05) is 17.0 Å². The molecule has 2 N–H and O–H groups in total. The predicted octanol–water partition coefficient (Wildman–Crippen LogP) is 3.10. The highest BCUT2D eigenvalue weighted by Gasteiger charge is 2.51. The van der Waals surface area contributed by atoms with E-state index in [1.54, 1.807) is 0 Å². The Morgan fingerprint density at radius 3 is 2.93 bits per heavy atom. The molecule has 0 radical (unpaired) electrons. The van der Waals surface area contributed by atoms with Gasteiger partial charge in [-0.15, -0.1) is 0 Å². The molecule has 41 heavy (non-hydrogen) atoms. The first-order valence-electron chi connectivity index (χ1n) is 15.2. The molecule has 4 aliphatic heterocycles. The summed E-state index contributed by atoms with van der Waals surface area (Å²) < 4.78 is 13.3. The van der Waals surface area contributed by atoms with Gasteiger partial charge in [0.05, 0.1) is 36.3 Å². The van der Waals surface area contributed by atoms with Crippen LogP contribution >= 0.6 is 11.6 Å². The Morgan fingerprint density at radius 1 is 1.27 bits per heavy atom. The fourth-order valence-electron chi connectivity index (χ4n) is 7.87. The van der Waals surface area contributed by atoms with E-state index < -0.39 is 0 Å². The summed E-state index contributed by atoms with van der Waals surface area (Å²) in [5.74, 6) is 1.09. The van der Waals surface area contributed by atoms with Crippen molar-refractivity contribution in [2.24, 2.45) is 5.92 Å². The number of carbonyl (C=O) groups is 1. The standard InChI is InChI=1S/C31H43ClN6O3/c1-3-27(39)38-17-16-37(19-22(38)11-14-33)29-24-10-13-31(12-9-21-6-4-8-25(32)28(21)41-31)18-26(24)34-30(35-29)40-20-23-7-5-15-36(23)2/h3-4,6,8,22-24,26,29-30,34-35H,1,5,7,9-13,15-20H2,2H3/t22?,23?,24?,26?,29?,30?,31-/m0/s1. The van der Waals surface area contributed by atoms with Crippen LogP contribution in [0.1, 0.15) is 50.5 Å². The van der Waals surface area contributed by atoms with Gasteiger partial charge in [0, 0.05) is 44.1 Å². The summed E-state index contributed by atoms with van der Waals surface area (Å²) in [5.41, 5.74) is 0.946. The van der Waals surface area contributed by atoms with Crippen LogP contribution in [0, 0.1) is 17.2 Å². The second-order valence-electron chi connectivity index (χ2n) is 12.5. The van der Waals surface area contributed by atoms with Gasteiger partial charge in [0.25, 0.3) is 0 Å². The molecule has 6 unspecified atom stereocenters. The second kappa shape index (κ2) is 12.2. The van der Waals surface area contributed by atoms with E-state index in [0.29, 0.717) is 43.1 Å². The number of carbonyl (C=O) groups excluding carboxylic acids is 1. The zero-order valence-corrected chi connectivity index (χ0v) is 24.8. The maximum Gasteiger partial charge on any atom is 0.246 e. The van der Waals surface area contributed by atoms with E-state index in [9.17, 15) is 10.1 Å². The molecule has 4 heterocycles. The van der Waals surface area contributed by atoms with Gasteiger partial charge in [-0.1, -0.05) is 30.3 Å². The first-order valence-corrected chi connectivity index (χ1v) is 15.6. The second-order valence-corrected chi connectivity index (χ2v) is 12.9. The molecule has 5 aliphatic rings. The number of likely N-dealkylation sites (N-methyl/N-ethyl adjacent to an activating group) is 1. The van der Waals surface area contributed by atoms with E-state index in [-0.39, 0.29) is 36.1 Å². The molecule has 1 aliphatic carbocycles. The fraction of sp³-hybridized carbons (Fsp3) is 0.677. The summed E-state index contributed by atoms with van der Waals surface area (Å²) in [4.78, 5) is 19.2. The highest BCUT2D eigenvalue weighted by molar-refractivity contribution is 6.32. The van der Waals surface area contributed by atoms with E-state index in [2.05, 4.69) is 46.2 Å². The fourth-order valence-corrected chi connectivity index (χ4v) is 8.10. The number of amides is 1. The third-order valence-electron chi connectivity index (χ3n) is 10.2. The Morgan fingerprint density at radius 2 is 2.15 bits per heavy atom. The van der Waals surface area contributed by atoms with Crippen LogP contribution in [0.2, 0.25) is 5.02 Å². The normalized spacial score (nSPS) is 35.8. The summed E-state index contributed by atoms with van der Waals surface area (Å²) in [6.45, 7) is 7.44. The Bertz CT molecular complexity index is 1180. The Kier molecular flexibility index (Phi) is 8.60. The van der Waals surface area contributed by atoms with Gasteiger partial charge in [-0.3, -0.25) is 20.3 Å². The lowest BCUT2D eigenvalue weighted by Crippen LogP contribution is -2.73. The van der Waals surface area contributed by atoms with E-state index in [1.165, 1.54) is 18.1 Å². The largest absolute Gasteiger partial charge is 0.485 e. The van der Waals surface area contributed by atoms with Crippen LogP contribution in [0.3, 0.4) is 0 Å². The van der Waals surface area contributed by atoms with Crippen LogP contribution in [-0.4, -0.2) is 96.7 Å². The van der Waals surface area contributed by atoms with Crippen molar-refractivity contribution in [2.45, 2.75) is 87.6 Å². The maximum atomic E-state index is 12.5. The Labute approximate surface area is 248 Å². The van der Waals surface area contributed by atoms with Crippen molar-refractivity contribution in [3.8, 4) is 11.8 Å². The van der Waals surface area contributed by atoms with Crippen molar-refractivity contribution in [1.82, 2.24) is 25.3 Å². The van der Waals surface area contributed by atoms with Gasteiger partial charge in [0.2, 0.25) is 5.91 Å². The average Bonchev–Trinajstić information content (AvgIpc) is 3.40. The quantitative estimate of drug-likeness (QED) is 0.495. The number of halogens is 1. The summed E-state index contributed by atoms with van der Waals surface area (Å²) in [6, 6.07) is 8.82. The molecule has 10 heteroatoms. The van der Waals surface area contributed by atoms with Crippen LogP contribution in [-0.2, 0) is 16.0 Å². The number of ether oxygens (including phenoxy) is 2. The number of hydrogen-bond acceptors (Lipinski definition) is 8. The van der Waals surface area contributed by atoms with Gasteiger partial charge in [-0.05, 0) is 69.8 Å². The summed E-state index contributed by atoms with van der Waals surface area (Å²) >= 11 is 6.59. The minimum absolute atomic E-state index is 0.0755. The third-order valence-corrected chi connectivity index (χ3v) is 10.5. The average molecular weight is 583 g/mol. The predicted molar refractivity (Wildman–Crippen MR) is 157 cm³/mol. The molecule has 1 amide bonds. The number of rotatable bonds is 6. The number of likely N-dealkylation sites (tertiary alicyclic amines) is 1. The first kappa shape index (κ1) is 28.9. The molecule has 9 nitrogen and oxygen atoms in total. The minimum Gasteiger partial charge on any atom is -0.485 e. The van der Waals surface area contributed by atoms with Gasteiger partial charge in [-0.2, -0.15) is 5.26 Å². The molecule has 1 spiro atoms. The molecule has 3 saturated heterocycles. The minimum atomic E-state index is -0.285. The topological polar surface area (TPSA) is 93.1 Å². The molecule has 7 atom stereocenters. The highest BCUT2D eigenvalue weighted by Crippen LogP contribution is 2.47. The Balaban J connectivity index is 1.21. The lowest BCUT2D eigenvalue weighted by Gasteiger charge is -2.56. The van der Waals surface area contributed by atoms with Gasteiger partial charge in [0.15, 0.2) is 6.35 Å². The zero-order valence-electron chi connectivity index (χ0n) is 24.1. The van der Waals surface area contributed by atoms with Crippen LogP contribution in [0.15, 0.2) is 30.9 Å². The number of benzene rings is 1. The van der Waals surface area contributed by atoms with Crippen molar-refractivity contribution in [1.29, 1.82) is 5.26 Å². The van der Waals surface area contributed by atoms with Crippen molar-refractivity contribution in [2.75, 3.05) is 39.8 Å². The molecule has 6 rings (SSSR count). The smallest absolute Gasteiger partial charge is 0.246 e. The molecule has 0 bridgehead atoms. The van der Waals surface area contributed by atoms with Crippen LogP contribution in [0.4, 0.5) is 0 Å². The molecule has 1 aromatic rings. The number of aryl methyl sites for hydroxylation is 1. The van der Waals surface area contributed by atoms with Gasteiger partial charge >= 0.3 is 0 Å². The van der Waals surface area contributed by atoms with E-state index >= 15 is 0 Å². The van der Waals surface area contributed by atoms with Crippen LogP contribution in [0.5, 0.6) is 5.75 Å². The number of piperazine rings is 1. The number of hydrogen-bond donors (Lipinski definition) is 2. The van der Waals surface area contributed by atoms with Crippen LogP contribution < -0.4 is 15.4 Å². The molecular formula is C31H43ClN6O3. The lowest BCUT2D eigenvalue weighted by atomic mass is 9.70. The Hall–Kier alpha value is -2.19. The van der Waals surface area contributed by atoms with Crippen LogP contribution in [0.25, 0.3) is 0 Å². The number of nitrogens with one attached hydrogen (secondary N) is 2.